The lowest BCUT2D eigenvalue weighted by Gasteiger charge is -2.23. The third-order valence-corrected chi connectivity index (χ3v) is 5.09. The Hall–Kier alpha value is -2.32. The molecular weight excluding hydrogens is 361 g/mol. The monoisotopic (exact) mass is 373 g/mol. The predicted octanol–water partition coefficient (Wildman–Crippen LogP) is 2.77. The number of methoxy groups -OCH3 is 1. The van der Waals surface area contributed by atoms with E-state index in [-0.39, 0.29) is 16.5 Å². The summed E-state index contributed by atoms with van der Waals surface area (Å²) in [6, 6.07) is 8.76. The number of carboxylic acid groups (broad SMARTS) is 1. The molecule has 6 nitrogen and oxygen atoms in total. The second-order valence-electron chi connectivity index (χ2n) is 4.68. The summed E-state index contributed by atoms with van der Waals surface area (Å²) >= 11 is 5.84. The number of ether oxygens (including phenoxy) is 1. The van der Waals surface area contributed by atoms with E-state index < -0.39 is 33.3 Å². The van der Waals surface area contributed by atoms with Crippen molar-refractivity contribution < 1.29 is 27.4 Å². The van der Waals surface area contributed by atoms with E-state index in [0.29, 0.717) is 4.31 Å². The van der Waals surface area contributed by atoms with Crippen LogP contribution < -0.4 is 9.04 Å². The summed E-state index contributed by atoms with van der Waals surface area (Å²) in [7, 11) is -3.07. The van der Waals surface area contributed by atoms with Crippen LogP contribution in [0.1, 0.15) is 0 Å². The van der Waals surface area contributed by atoms with Crippen molar-refractivity contribution in [2.24, 2.45) is 0 Å². The van der Waals surface area contributed by atoms with Gasteiger partial charge in [0.25, 0.3) is 10.0 Å². The highest BCUT2D eigenvalue weighted by Crippen LogP contribution is 2.28. The molecule has 0 radical (unpaired) electrons. The minimum absolute atomic E-state index is 0.0566. The molecule has 0 spiro atoms. The Morgan fingerprint density at radius 1 is 1.29 bits per heavy atom. The van der Waals surface area contributed by atoms with Crippen molar-refractivity contribution in [3.63, 3.8) is 0 Å². The van der Waals surface area contributed by atoms with Gasteiger partial charge in [-0.2, -0.15) is 0 Å². The first kappa shape index (κ1) is 18.0. The average molecular weight is 374 g/mol. The van der Waals surface area contributed by atoms with E-state index >= 15 is 0 Å². The molecule has 0 heterocycles. The number of aliphatic carboxylic acids is 1. The maximum Gasteiger partial charge on any atom is 0.324 e. The van der Waals surface area contributed by atoms with E-state index in [1.807, 2.05) is 0 Å². The van der Waals surface area contributed by atoms with Gasteiger partial charge in [-0.1, -0.05) is 17.7 Å². The SMILES string of the molecule is COc1ccc(S(=O)(=O)N(CC(=O)O)c2cccc(Cl)c2)cc1F. The summed E-state index contributed by atoms with van der Waals surface area (Å²) in [5.74, 6) is -2.37. The quantitative estimate of drug-likeness (QED) is 0.841. The first-order valence-corrected chi connectivity index (χ1v) is 8.41. The van der Waals surface area contributed by atoms with Crippen LogP contribution in [0.4, 0.5) is 10.1 Å². The standard InChI is InChI=1S/C15H13ClFNO5S/c1-23-14-6-5-12(8-13(14)17)24(21,22)18(9-15(19)20)11-4-2-3-10(16)7-11/h2-8H,9H2,1H3,(H,19,20). The summed E-state index contributed by atoms with van der Waals surface area (Å²) in [5.41, 5.74) is 0.0566. The molecule has 0 unspecified atom stereocenters. The number of sulfonamides is 1. The molecule has 2 aromatic carbocycles. The Morgan fingerprint density at radius 2 is 2.00 bits per heavy atom. The van der Waals surface area contributed by atoms with Crippen LogP contribution in [0.2, 0.25) is 5.02 Å². The molecular formula is C15H13ClFNO5S. The summed E-state index contributed by atoms with van der Waals surface area (Å²) in [4.78, 5) is 10.7. The fraction of sp³-hybridized carbons (Fsp3) is 0.133. The van der Waals surface area contributed by atoms with Gasteiger partial charge in [-0.15, -0.1) is 0 Å². The van der Waals surface area contributed by atoms with E-state index in [0.717, 1.165) is 18.2 Å². The van der Waals surface area contributed by atoms with Gasteiger partial charge in [-0.05, 0) is 36.4 Å². The molecule has 2 rings (SSSR count). The highest BCUT2D eigenvalue weighted by molar-refractivity contribution is 7.92. The van der Waals surface area contributed by atoms with Crippen LogP contribution in [-0.4, -0.2) is 33.1 Å². The molecule has 24 heavy (non-hydrogen) atoms. The fourth-order valence-electron chi connectivity index (χ4n) is 2.00. The Bertz CT molecular complexity index is 872. The lowest BCUT2D eigenvalue weighted by Crippen LogP contribution is -2.35. The van der Waals surface area contributed by atoms with Gasteiger partial charge >= 0.3 is 5.97 Å². The fourth-order valence-corrected chi connectivity index (χ4v) is 3.61. The van der Waals surface area contributed by atoms with Crippen molar-refractivity contribution in [2.45, 2.75) is 4.90 Å². The largest absolute Gasteiger partial charge is 0.494 e. The second kappa shape index (κ2) is 7.06. The second-order valence-corrected chi connectivity index (χ2v) is 6.98. The van der Waals surface area contributed by atoms with Crippen LogP contribution in [0.25, 0.3) is 0 Å². The first-order valence-electron chi connectivity index (χ1n) is 6.59. The van der Waals surface area contributed by atoms with Crippen molar-refractivity contribution in [3.8, 4) is 5.75 Å². The zero-order chi connectivity index (χ0) is 17.9. The van der Waals surface area contributed by atoms with Gasteiger partial charge in [0.2, 0.25) is 0 Å². The summed E-state index contributed by atoms with van der Waals surface area (Å²) in [6.45, 7) is -0.837. The maximum absolute atomic E-state index is 13.8. The van der Waals surface area contributed by atoms with E-state index in [9.17, 15) is 17.6 Å². The number of carboxylic acids is 1. The number of carbonyl (C=O) groups is 1. The number of rotatable bonds is 6. The molecule has 0 fully saturated rings. The molecule has 0 amide bonds. The smallest absolute Gasteiger partial charge is 0.324 e. The van der Waals surface area contributed by atoms with Crippen LogP contribution in [0.15, 0.2) is 47.4 Å². The van der Waals surface area contributed by atoms with Crippen LogP contribution in [0.5, 0.6) is 5.75 Å². The molecule has 0 saturated heterocycles. The van der Waals surface area contributed by atoms with Crippen molar-refractivity contribution in [1.29, 1.82) is 0 Å². The maximum atomic E-state index is 13.8. The van der Waals surface area contributed by atoms with E-state index in [2.05, 4.69) is 0 Å². The highest BCUT2D eigenvalue weighted by atomic mass is 35.5. The van der Waals surface area contributed by atoms with Gasteiger partial charge in [-0.25, -0.2) is 12.8 Å². The zero-order valence-corrected chi connectivity index (χ0v) is 14.0. The summed E-state index contributed by atoms with van der Waals surface area (Å²) < 4.78 is 44.7. The van der Waals surface area contributed by atoms with Crippen LogP contribution >= 0.6 is 11.6 Å². The minimum atomic E-state index is -4.32. The van der Waals surface area contributed by atoms with Crippen molar-refractivity contribution in [2.75, 3.05) is 18.0 Å². The molecule has 2 aromatic rings. The van der Waals surface area contributed by atoms with Gasteiger partial charge in [0.15, 0.2) is 11.6 Å². The normalized spacial score (nSPS) is 11.1. The Kier molecular flexibility index (Phi) is 5.30. The number of benzene rings is 2. The van der Waals surface area contributed by atoms with Crippen molar-refractivity contribution >= 4 is 33.3 Å². The van der Waals surface area contributed by atoms with Crippen LogP contribution in [0, 0.1) is 5.82 Å². The highest BCUT2D eigenvalue weighted by Gasteiger charge is 2.28. The molecule has 0 aliphatic heterocycles. The van der Waals surface area contributed by atoms with Gasteiger partial charge < -0.3 is 9.84 Å². The number of hydrogen-bond donors (Lipinski definition) is 1. The predicted molar refractivity (Wildman–Crippen MR) is 86.6 cm³/mol. The zero-order valence-electron chi connectivity index (χ0n) is 12.4. The van der Waals surface area contributed by atoms with E-state index in [4.69, 9.17) is 21.4 Å². The third-order valence-electron chi connectivity index (χ3n) is 3.09. The number of halogens is 2. The molecule has 1 N–H and O–H groups in total. The summed E-state index contributed by atoms with van der Waals surface area (Å²) in [5, 5.41) is 9.26. The molecule has 9 heteroatoms. The molecule has 0 aliphatic carbocycles. The van der Waals surface area contributed by atoms with Gasteiger partial charge in [0.1, 0.15) is 6.54 Å². The molecule has 128 valence electrons. The number of hydrogen-bond acceptors (Lipinski definition) is 4. The van der Waals surface area contributed by atoms with Crippen LogP contribution in [0.3, 0.4) is 0 Å². The van der Waals surface area contributed by atoms with Crippen LogP contribution in [-0.2, 0) is 14.8 Å². The van der Waals surface area contributed by atoms with Gasteiger partial charge in [0, 0.05) is 5.02 Å². The third kappa shape index (κ3) is 3.77. The topological polar surface area (TPSA) is 83.9 Å². The molecule has 0 aliphatic rings. The summed E-state index contributed by atoms with van der Waals surface area (Å²) in [6.07, 6.45) is 0. The minimum Gasteiger partial charge on any atom is -0.494 e. The molecule has 0 bridgehead atoms. The van der Waals surface area contributed by atoms with E-state index in [1.54, 1.807) is 0 Å². The van der Waals surface area contributed by atoms with E-state index in [1.165, 1.54) is 31.4 Å². The Balaban J connectivity index is 2.55. The molecule has 0 saturated carbocycles. The van der Waals surface area contributed by atoms with Gasteiger partial charge in [-0.3, -0.25) is 9.10 Å². The Labute approximate surface area is 143 Å². The lowest BCUT2D eigenvalue weighted by atomic mass is 10.3. The van der Waals surface area contributed by atoms with Crippen molar-refractivity contribution in [1.82, 2.24) is 0 Å². The molecule has 0 atom stereocenters. The molecule has 0 aromatic heterocycles. The van der Waals surface area contributed by atoms with Gasteiger partial charge in [0.05, 0.1) is 17.7 Å². The first-order chi connectivity index (χ1) is 11.3. The Morgan fingerprint density at radius 3 is 2.54 bits per heavy atom. The van der Waals surface area contributed by atoms with Crippen molar-refractivity contribution in [3.05, 3.63) is 53.3 Å². The lowest BCUT2D eigenvalue weighted by molar-refractivity contribution is -0.135. The average Bonchev–Trinajstić information content (AvgIpc) is 2.52. The number of nitrogens with zero attached hydrogens (tertiary/aromatic N) is 1. The number of anilines is 1.